The van der Waals surface area contributed by atoms with Crippen molar-refractivity contribution in [3.8, 4) is 12.1 Å². The first-order valence-corrected chi connectivity index (χ1v) is 9.67. The van der Waals surface area contributed by atoms with Crippen LogP contribution in [0.3, 0.4) is 0 Å². The summed E-state index contributed by atoms with van der Waals surface area (Å²) >= 11 is 0. The summed E-state index contributed by atoms with van der Waals surface area (Å²) in [5.41, 5.74) is 1.15. The maximum atomic E-state index is 12.3. The van der Waals surface area contributed by atoms with Crippen LogP contribution < -0.4 is 5.32 Å². The predicted octanol–water partition coefficient (Wildman–Crippen LogP) is 2.56. The average molecular weight is 453 g/mol. The number of oxime groups is 1. The third-order valence-electron chi connectivity index (χ3n) is 5.25. The molecule has 162 valence electrons. The summed E-state index contributed by atoms with van der Waals surface area (Å²) in [6, 6.07) is 7.66. The van der Waals surface area contributed by atoms with E-state index in [0.717, 1.165) is 38.5 Å². The van der Waals surface area contributed by atoms with E-state index in [1.165, 1.54) is 6.20 Å². The van der Waals surface area contributed by atoms with Crippen LogP contribution in [0.2, 0.25) is 0 Å². The molecule has 0 bridgehead atoms. The Bertz CT molecular complexity index is 782. The summed E-state index contributed by atoms with van der Waals surface area (Å²) in [6.45, 7) is 0.975. The van der Waals surface area contributed by atoms with Gasteiger partial charge in [0.25, 0.3) is 0 Å². The van der Waals surface area contributed by atoms with E-state index in [-0.39, 0.29) is 55.5 Å². The summed E-state index contributed by atoms with van der Waals surface area (Å²) < 4.78 is 0. The van der Waals surface area contributed by atoms with Crippen LogP contribution in [0, 0.1) is 22.7 Å². The Morgan fingerprint density at radius 1 is 1.27 bits per heavy atom. The van der Waals surface area contributed by atoms with E-state index < -0.39 is 0 Å². The van der Waals surface area contributed by atoms with E-state index in [1.54, 1.807) is 23.2 Å². The molecule has 30 heavy (non-hydrogen) atoms. The van der Waals surface area contributed by atoms with Gasteiger partial charge in [-0.1, -0.05) is 5.16 Å². The smallest absolute Gasteiger partial charge is 0.237 e. The highest BCUT2D eigenvalue weighted by atomic mass is 35.5. The summed E-state index contributed by atoms with van der Waals surface area (Å²) in [7, 11) is 0. The second-order valence-electron chi connectivity index (χ2n) is 7.15. The number of hydrogen-bond donors (Lipinski definition) is 1. The van der Waals surface area contributed by atoms with Crippen LogP contribution in [0.1, 0.15) is 49.8 Å². The van der Waals surface area contributed by atoms with Crippen LogP contribution in [0.15, 0.2) is 23.5 Å². The van der Waals surface area contributed by atoms with Crippen molar-refractivity contribution in [2.75, 3.05) is 13.1 Å². The number of pyridine rings is 1. The number of nitrogens with one attached hydrogen (secondary N) is 1. The van der Waals surface area contributed by atoms with Gasteiger partial charge in [0.2, 0.25) is 5.91 Å². The van der Waals surface area contributed by atoms with Crippen LogP contribution >= 0.6 is 24.8 Å². The summed E-state index contributed by atoms with van der Waals surface area (Å²) in [5.74, 6) is 0.0157. The first kappa shape index (κ1) is 25.6. The van der Waals surface area contributed by atoms with Crippen molar-refractivity contribution in [1.29, 1.82) is 10.5 Å². The molecule has 1 saturated heterocycles. The second kappa shape index (κ2) is 13.0. The van der Waals surface area contributed by atoms with Crippen LogP contribution in [-0.4, -0.2) is 53.3 Å². The first-order chi connectivity index (χ1) is 13.7. The Hall–Kier alpha value is -2.39. The van der Waals surface area contributed by atoms with Crippen molar-refractivity contribution in [1.82, 2.24) is 15.2 Å². The van der Waals surface area contributed by atoms with Gasteiger partial charge < -0.3 is 15.1 Å². The van der Waals surface area contributed by atoms with Crippen molar-refractivity contribution in [3.05, 3.63) is 29.6 Å². The number of aromatic nitrogens is 1. The van der Waals surface area contributed by atoms with E-state index >= 15 is 0 Å². The second-order valence-corrected chi connectivity index (χ2v) is 7.15. The zero-order valence-electron chi connectivity index (χ0n) is 16.6. The number of likely N-dealkylation sites (tertiary alicyclic amines) is 1. The number of amides is 1. The minimum atomic E-state index is -0.262. The molecular weight excluding hydrogens is 427 g/mol. The molecule has 2 fully saturated rings. The Morgan fingerprint density at radius 2 is 2.03 bits per heavy atom. The molecule has 3 rings (SSSR count). The molecule has 1 amide bonds. The van der Waals surface area contributed by atoms with Gasteiger partial charge in [-0.15, -0.1) is 24.8 Å². The standard InChI is InChI=1S/C20H24N6O2.2ClH/c21-10-15-3-4-17(23-12-15)13-25-28-19-7-5-16(6-8-19)24-14-20(27)26-9-1-2-18(26)11-22;;/h3-4,12-13,16,18-19,24H,1-2,5-9,14H2;2*1H/t16?,18-,19?;;/m0../s1. The monoisotopic (exact) mass is 452 g/mol. The maximum Gasteiger partial charge on any atom is 0.237 e. The molecule has 1 N–H and O–H groups in total. The van der Waals surface area contributed by atoms with E-state index in [1.807, 2.05) is 6.07 Å². The third-order valence-corrected chi connectivity index (χ3v) is 5.25. The topological polar surface area (TPSA) is 114 Å². The molecule has 1 atom stereocenters. The van der Waals surface area contributed by atoms with Gasteiger partial charge in [0.15, 0.2) is 0 Å². The molecular formula is C20H26Cl2N6O2. The highest BCUT2D eigenvalue weighted by molar-refractivity contribution is 5.85. The van der Waals surface area contributed by atoms with Gasteiger partial charge in [0, 0.05) is 18.8 Å². The van der Waals surface area contributed by atoms with Gasteiger partial charge in [-0.25, -0.2) is 0 Å². The molecule has 0 aromatic carbocycles. The lowest BCUT2D eigenvalue weighted by atomic mass is 9.93. The van der Waals surface area contributed by atoms with Crippen molar-refractivity contribution < 1.29 is 9.63 Å². The number of carbonyl (C=O) groups excluding carboxylic acids is 1. The molecule has 0 spiro atoms. The zero-order chi connectivity index (χ0) is 19.8. The zero-order valence-corrected chi connectivity index (χ0v) is 18.2. The molecule has 1 saturated carbocycles. The fourth-order valence-electron chi connectivity index (χ4n) is 3.62. The minimum absolute atomic E-state index is 0. The van der Waals surface area contributed by atoms with Crippen LogP contribution in [0.4, 0.5) is 0 Å². The number of nitrogens with zero attached hydrogens (tertiary/aromatic N) is 5. The normalized spacial score (nSPS) is 23.0. The maximum absolute atomic E-state index is 12.3. The number of nitriles is 2. The van der Waals surface area contributed by atoms with Crippen LogP contribution in [0.25, 0.3) is 0 Å². The van der Waals surface area contributed by atoms with Crippen molar-refractivity contribution in [3.63, 3.8) is 0 Å². The number of halogens is 2. The van der Waals surface area contributed by atoms with Crippen molar-refractivity contribution in [2.45, 2.75) is 56.7 Å². The highest BCUT2D eigenvalue weighted by Gasteiger charge is 2.29. The first-order valence-electron chi connectivity index (χ1n) is 9.67. The molecule has 1 aromatic rings. The van der Waals surface area contributed by atoms with Gasteiger partial charge in [-0.05, 0) is 50.7 Å². The molecule has 1 aliphatic heterocycles. The molecule has 1 aromatic heterocycles. The number of carbonyl (C=O) groups is 1. The van der Waals surface area contributed by atoms with Crippen molar-refractivity contribution >= 4 is 36.9 Å². The Balaban J connectivity index is 0.00000225. The highest BCUT2D eigenvalue weighted by Crippen LogP contribution is 2.22. The SMILES string of the molecule is Cl.Cl.N#Cc1ccc(C=NOC2CCC(NCC(=O)N3CCC[C@H]3C#N)CC2)nc1. The molecule has 2 aliphatic rings. The minimum Gasteiger partial charge on any atom is -0.392 e. The summed E-state index contributed by atoms with van der Waals surface area (Å²) in [4.78, 5) is 23.6. The van der Waals surface area contributed by atoms with Gasteiger partial charge >= 0.3 is 0 Å². The summed E-state index contributed by atoms with van der Waals surface area (Å²) in [5, 5.41) is 25.2. The lowest BCUT2D eigenvalue weighted by Crippen LogP contribution is -2.44. The lowest BCUT2D eigenvalue weighted by Gasteiger charge is -2.28. The number of rotatable bonds is 6. The van der Waals surface area contributed by atoms with E-state index in [2.05, 4.69) is 21.5 Å². The quantitative estimate of drug-likeness (QED) is 0.523. The van der Waals surface area contributed by atoms with Gasteiger partial charge in [-0.3, -0.25) is 9.78 Å². The molecule has 2 heterocycles. The third kappa shape index (κ3) is 7.14. The van der Waals surface area contributed by atoms with Crippen LogP contribution in [-0.2, 0) is 9.63 Å². The van der Waals surface area contributed by atoms with E-state index in [0.29, 0.717) is 17.8 Å². The van der Waals surface area contributed by atoms with Gasteiger partial charge in [-0.2, -0.15) is 10.5 Å². The van der Waals surface area contributed by atoms with Crippen LogP contribution in [0.5, 0.6) is 0 Å². The van der Waals surface area contributed by atoms with Crippen molar-refractivity contribution in [2.24, 2.45) is 5.16 Å². The van der Waals surface area contributed by atoms with E-state index in [4.69, 9.17) is 15.4 Å². The van der Waals surface area contributed by atoms with Gasteiger partial charge in [0.1, 0.15) is 18.2 Å². The Kier molecular flexibility index (Phi) is 11.1. The number of hydrogen-bond acceptors (Lipinski definition) is 7. The average Bonchev–Trinajstić information content (AvgIpc) is 3.22. The summed E-state index contributed by atoms with van der Waals surface area (Å²) in [6.07, 6.45) is 8.38. The predicted molar refractivity (Wildman–Crippen MR) is 117 cm³/mol. The fourth-order valence-corrected chi connectivity index (χ4v) is 3.62. The van der Waals surface area contributed by atoms with Gasteiger partial charge in [0.05, 0.1) is 30.1 Å². The molecule has 1 aliphatic carbocycles. The Morgan fingerprint density at radius 3 is 2.67 bits per heavy atom. The molecule has 0 unspecified atom stereocenters. The van der Waals surface area contributed by atoms with E-state index in [9.17, 15) is 4.79 Å². The lowest BCUT2D eigenvalue weighted by molar-refractivity contribution is -0.130. The Labute approximate surface area is 189 Å². The molecule has 0 radical (unpaired) electrons. The molecule has 10 heteroatoms. The molecule has 8 nitrogen and oxygen atoms in total. The largest absolute Gasteiger partial charge is 0.392 e. The fraction of sp³-hybridized carbons (Fsp3) is 0.550.